The number of halogens is 1. The lowest BCUT2D eigenvalue weighted by atomic mass is 10.1. The molecular weight excluding hydrogens is 408 g/mol. The minimum Gasteiger partial charge on any atom is -0.497 e. The van der Waals surface area contributed by atoms with Crippen molar-refractivity contribution in [1.29, 1.82) is 5.26 Å². The fourth-order valence-corrected chi connectivity index (χ4v) is 3.28. The molecule has 0 bridgehead atoms. The van der Waals surface area contributed by atoms with Gasteiger partial charge in [0.15, 0.2) is 5.82 Å². The van der Waals surface area contributed by atoms with Crippen LogP contribution in [0.1, 0.15) is 11.4 Å². The number of fused-ring (bicyclic) bond motifs is 2. The summed E-state index contributed by atoms with van der Waals surface area (Å²) < 4.78 is 6.08. The van der Waals surface area contributed by atoms with Gasteiger partial charge in [-0.15, -0.1) is 0 Å². The van der Waals surface area contributed by atoms with E-state index in [1.54, 1.807) is 24.3 Å². The second-order valence-corrected chi connectivity index (χ2v) is 6.82. The maximum Gasteiger partial charge on any atom is 0.259 e. The molecule has 27 heavy (non-hydrogen) atoms. The molecule has 2 N–H and O–H groups in total. The number of nitriles is 1. The number of ether oxygens (including phenoxy) is 1. The lowest BCUT2D eigenvalue weighted by Gasteiger charge is -2.04. The van der Waals surface area contributed by atoms with Gasteiger partial charge in [0, 0.05) is 27.1 Å². The van der Waals surface area contributed by atoms with Crippen molar-refractivity contribution in [3.8, 4) is 11.8 Å². The highest BCUT2D eigenvalue weighted by Gasteiger charge is 2.11. The second-order valence-electron chi connectivity index (χ2n) is 5.90. The van der Waals surface area contributed by atoms with Crippen LogP contribution in [0.4, 0.5) is 0 Å². The Hall–Kier alpha value is -3.37. The van der Waals surface area contributed by atoms with E-state index in [1.807, 2.05) is 24.4 Å². The quantitative estimate of drug-likeness (QED) is 0.484. The molecule has 0 spiro atoms. The van der Waals surface area contributed by atoms with Gasteiger partial charge in [-0.25, -0.2) is 4.98 Å². The molecule has 7 heteroatoms. The van der Waals surface area contributed by atoms with E-state index in [4.69, 9.17) is 4.74 Å². The molecule has 0 radical (unpaired) electrons. The van der Waals surface area contributed by atoms with Crippen LogP contribution in [-0.4, -0.2) is 22.1 Å². The van der Waals surface area contributed by atoms with Crippen LogP contribution >= 0.6 is 15.9 Å². The summed E-state index contributed by atoms with van der Waals surface area (Å²) in [5.74, 6) is 0.799. The third kappa shape index (κ3) is 3.11. The van der Waals surface area contributed by atoms with E-state index in [1.165, 1.54) is 7.11 Å². The molecule has 6 nitrogen and oxygen atoms in total. The largest absolute Gasteiger partial charge is 0.497 e. The molecule has 2 aromatic carbocycles. The van der Waals surface area contributed by atoms with Crippen molar-refractivity contribution in [2.45, 2.75) is 0 Å². The number of hydrogen-bond donors (Lipinski definition) is 2. The van der Waals surface area contributed by atoms with Crippen LogP contribution in [-0.2, 0) is 0 Å². The number of H-pyrrole nitrogens is 2. The van der Waals surface area contributed by atoms with Crippen LogP contribution in [0.3, 0.4) is 0 Å². The van der Waals surface area contributed by atoms with Gasteiger partial charge in [0.05, 0.1) is 23.6 Å². The highest BCUT2D eigenvalue weighted by atomic mass is 79.9. The minimum absolute atomic E-state index is 0.226. The van der Waals surface area contributed by atoms with Gasteiger partial charge in [0.25, 0.3) is 5.56 Å². The Morgan fingerprint density at radius 2 is 2.11 bits per heavy atom. The van der Waals surface area contributed by atoms with Gasteiger partial charge in [0.2, 0.25) is 0 Å². The first kappa shape index (κ1) is 17.1. The van der Waals surface area contributed by atoms with Gasteiger partial charge in [-0.05, 0) is 42.5 Å². The highest BCUT2D eigenvalue weighted by Crippen LogP contribution is 2.26. The van der Waals surface area contributed by atoms with Crippen molar-refractivity contribution < 1.29 is 4.74 Å². The summed E-state index contributed by atoms with van der Waals surface area (Å²) in [4.78, 5) is 22.7. The number of rotatable bonds is 3. The molecule has 0 fully saturated rings. The number of methoxy groups -OCH3 is 1. The summed E-state index contributed by atoms with van der Waals surface area (Å²) in [6.07, 6.45) is 3.53. The Kier molecular flexibility index (Phi) is 4.26. The summed E-state index contributed by atoms with van der Waals surface area (Å²) in [6, 6.07) is 13.0. The molecule has 0 atom stereocenters. The number of hydrogen-bond acceptors (Lipinski definition) is 4. The fourth-order valence-electron chi connectivity index (χ4n) is 2.92. The maximum absolute atomic E-state index is 12.4. The molecule has 0 aliphatic heterocycles. The van der Waals surface area contributed by atoms with E-state index in [0.29, 0.717) is 16.7 Å². The zero-order valence-corrected chi connectivity index (χ0v) is 15.8. The predicted molar refractivity (Wildman–Crippen MR) is 108 cm³/mol. The second kappa shape index (κ2) is 6.74. The molecule has 0 unspecified atom stereocenters. The normalized spacial score (nSPS) is 11.7. The van der Waals surface area contributed by atoms with Gasteiger partial charge in [-0.3, -0.25) is 4.79 Å². The van der Waals surface area contributed by atoms with Crippen molar-refractivity contribution in [2.75, 3.05) is 7.11 Å². The zero-order chi connectivity index (χ0) is 19.0. The number of nitrogens with zero attached hydrogens (tertiary/aromatic N) is 2. The lowest BCUT2D eigenvalue weighted by molar-refractivity contribution is 0.415. The molecule has 0 aliphatic rings. The van der Waals surface area contributed by atoms with Gasteiger partial charge >= 0.3 is 0 Å². The Morgan fingerprint density at radius 3 is 2.89 bits per heavy atom. The minimum atomic E-state index is -0.322. The molecule has 4 rings (SSSR count). The molecule has 0 amide bonds. The van der Waals surface area contributed by atoms with E-state index < -0.39 is 0 Å². The van der Waals surface area contributed by atoms with Crippen LogP contribution in [0.2, 0.25) is 0 Å². The van der Waals surface area contributed by atoms with Crippen molar-refractivity contribution in [3.63, 3.8) is 0 Å². The van der Waals surface area contributed by atoms with Gasteiger partial charge < -0.3 is 14.7 Å². The average molecular weight is 421 g/mol. The van der Waals surface area contributed by atoms with Crippen LogP contribution in [0.15, 0.2) is 51.9 Å². The molecule has 132 valence electrons. The number of benzene rings is 2. The standard InChI is InChI=1S/C20H13BrN4O2/c1-27-14-3-5-18-16(8-14)20(26)25-19(24-18)11(9-22)6-12-10-23-17-4-2-13(21)7-15(12)17/h2-8,10,23H,1H3,(H,24,25,26). The van der Waals surface area contributed by atoms with E-state index in [-0.39, 0.29) is 17.0 Å². The van der Waals surface area contributed by atoms with Crippen LogP contribution < -0.4 is 10.3 Å². The Labute approximate surface area is 162 Å². The van der Waals surface area contributed by atoms with Crippen molar-refractivity contribution in [2.24, 2.45) is 0 Å². The van der Waals surface area contributed by atoms with E-state index in [0.717, 1.165) is 20.9 Å². The van der Waals surface area contributed by atoms with Crippen molar-refractivity contribution in [1.82, 2.24) is 15.0 Å². The van der Waals surface area contributed by atoms with Gasteiger partial charge in [-0.1, -0.05) is 15.9 Å². The van der Waals surface area contributed by atoms with Crippen molar-refractivity contribution in [3.05, 3.63) is 68.8 Å². The molecule has 0 saturated carbocycles. The smallest absolute Gasteiger partial charge is 0.259 e. The molecular formula is C20H13BrN4O2. The SMILES string of the molecule is COc1ccc2nc(C(C#N)=Cc3c[nH]c4ccc(Br)cc34)[nH]c(=O)c2c1. The van der Waals surface area contributed by atoms with Gasteiger partial charge in [0.1, 0.15) is 11.8 Å². The molecule has 2 heterocycles. The first-order valence-electron chi connectivity index (χ1n) is 8.06. The average Bonchev–Trinajstić information content (AvgIpc) is 3.07. The number of nitrogens with one attached hydrogen (secondary N) is 2. The first-order valence-corrected chi connectivity index (χ1v) is 8.85. The Bertz CT molecular complexity index is 1310. The fraction of sp³-hybridized carbons (Fsp3) is 0.0500. The summed E-state index contributed by atoms with van der Waals surface area (Å²) in [7, 11) is 1.53. The van der Waals surface area contributed by atoms with E-state index >= 15 is 0 Å². The lowest BCUT2D eigenvalue weighted by Crippen LogP contribution is -2.11. The third-order valence-corrected chi connectivity index (χ3v) is 4.76. The molecule has 0 aliphatic carbocycles. The molecule has 2 aromatic heterocycles. The summed E-state index contributed by atoms with van der Waals surface area (Å²) in [5.41, 5.74) is 2.23. The van der Waals surface area contributed by atoms with Crippen LogP contribution in [0, 0.1) is 11.3 Å². The highest BCUT2D eigenvalue weighted by molar-refractivity contribution is 9.10. The number of aromatic nitrogens is 3. The number of allylic oxidation sites excluding steroid dienone is 1. The summed E-state index contributed by atoms with van der Waals surface area (Å²) in [6.45, 7) is 0. The predicted octanol–water partition coefficient (Wildman–Crippen LogP) is 4.24. The molecule has 0 saturated heterocycles. The summed E-state index contributed by atoms with van der Waals surface area (Å²) >= 11 is 3.46. The van der Waals surface area contributed by atoms with E-state index in [2.05, 4.69) is 37.0 Å². The van der Waals surface area contributed by atoms with Crippen molar-refractivity contribution >= 4 is 49.4 Å². The Balaban J connectivity index is 1.87. The van der Waals surface area contributed by atoms with Gasteiger partial charge in [-0.2, -0.15) is 5.26 Å². The first-order chi connectivity index (χ1) is 13.1. The maximum atomic E-state index is 12.4. The number of aromatic amines is 2. The van der Waals surface area contributed by atoms with Crippen LogP contribution in [0.5, 0.6) is 5.75 Å². The van der Waals surface area contributed by atoms with Crippen LogP contribution in [0.25, 0.3) is 33.5 Å². The topological polar surface area (TPSA) is 94.6 Å². The zero-order valence-electron chi connectivity index (χ0n) is 14.2. The monoisotopic (exact) mass is 420 g/mol. The Morgan fingerprint density at radius 1 is 1.26 bits per heavy atom. The van der Waals surface area contributed by atoms with E-state index in [9.17, 15) is 10.1 Å². The third-order valence-electron chi connectivity index (χ3n) is 4.26. The molecule has 4 aromatic rings. The summed E-state index contributed by atoms with van der Waals surface area (Å²) in [5, 5.41) is 11.0.